The van der Waals surface area contributed by atoms with Crippen molar-refractivity contribution in [1.29, 1.82) is 5.26 Å². The van der Waals surface area contributed by atoms with E-state index in [1.165, 1.54) is 4.88 Å². The molecule has 0 amide bonds. The lowest BCUT2D eigenvalue weighted by atomic mass is 10.2. The molecule has 0 saturated heterocycles. The van der Waals surface area contributed by atoms with E-state index >= 15 is 0 Å². The Labute approximate surface area is 126 Å². The molecule has 0 bridgehead atoms. The maximum Gasteiger partial charge on any atom is 0.124 e. The van der Waals surface area contributed by atoms with Gasteiger partial charge in [-0.05, 0) is 36.1 Å². The van der Waals surface area contributed by atoms with Crippen molar-refractivity contribution in [3.05, 3.63) is 52.0 Å². The summed E-state index contributed by atoms with van der Waals surface area (Å²) in [6.07, 6.45) is 0.948. The summed E-state index contributed by atoms with van der Waals surface area (Å²) in [5, 5.41) is 11.1. The number of fused-ring (bicyclic) bond motifs is 1. The fourth-order valence-corrected chi connectivity index (χ4v) is 3.17. The monoisotopic (exact) mass is 301 g/mol. The maximum absolute atomic E-state index is 9.03. The van der Waals surface area contributed by atoms with Gasteiger partial charge in [0.2, 0.25) is 0 Å². The minimum atomic E-state index is 0.376. The molecule has 20 heavy (non-hydrogen) atoms. The Hall–Kier alpha value is -1.83. The molecule has 0 aliphatic carbocycles. The second kappa shape index (κ2) is 5.66. The van der Waals surface area contributed by atoms with Crippen LogP contribution in [0.2, 0.25) is 0 Å². The predicted octanol–water partition coefficient (Wildman–Crippen LogP) is 3.95. The summed E-state index contributed by atoms with van der Waals surface area (Å²) in [4.78, 5) is 5.87. The van der Waals surface area contributed by atoms with E-state index in [2.05, 4.69) is 33.1 Å². The normalized spacial score (nSPS) is 10.8. The number of benzene rings is 1. The highest BCUT2D eigenvalue weighted by Gasteiger charge is 2.10. The molecular formula is C15H12ClN3S. The smallest absolute Gasteiger partial charge is 0.124 e. The Kier molecular flexibility index (Phi) is 3.72. The van der Waals surface area contributed by atoms with Gasteiger partial charge in [0.05, 0.1) is 28.5 Å². The third-order valence-electron chi connectivity index (χ3n) is 3.24. The van der Waals surface area contributed by atoms with Gasteiger partial charge in [0.25, 0.3) is 0 Å². The van der Waals surface area contributed by atoms with Crippen LogP contribution in [0.15, 0.2) is 35.7 Å². The Morgan fingerprint density at radius 2 is 2.25 bits per heavy atom. The lowest BCUT2D eigenvalue weighted by Gasteiger charge is -2.06. The topological polar surface area (TPSA) is 41.6 Å². The number of alkyl halides is 1. The molecule has 0 N–H and O–H groups in total. The summed E-state index contributed by atoms with van der Waals surface area (Å²) in [6, 6.07) is 11.9. The zero-order chi connectivity index (χ0) is 13.9. The van der Waals surface area contributed by atoms with Crippen LogP contribution in [0.3, 0.4) is 0 Å². The number of aromatic nitrogens is 2. The number of nitriles is 1. The highest BCUT2D eigenvalue weighted by atomic mass is 35.5. The summed E-state index contributed by atoms with van der Waals surface area (Å²) in [7, 11) is 0. The molecule has 100 valence electrons. The Bertz CT molecular complexity index is 768. The molecule has 2 aromatic heterocycles. The van der Waals surface area contributed by atoms with Crippen molar-refractivity contribution in [2.75, 3.05) is 0 Å². The zero-order valence-electron chi connectivity index (χ0n) is 10.7. The molecular weight excluding hydrogens is 290 g/mol. The van der Waals surface area contributed by atoms with Gasteiger partial charge < -0.3 is 4.57 Å². The first kappa shape index (κ1) is 13.2. The van der Waals surface area contributed by atoms with Gasteiger partial charge in [0.15, 0.2) is 0 Å². The fraction of sp³-hybridized carbons (Fsp3) is 0.200. The van der Waals surface area contributed by atoms with Gasteiger partial charge >= 0.3 is 0 Å². The number of imidazole rings is 1. The number of hydrogen-bond acceptors (Lipinski definition) is 3. The van der Waals surface area contributed by atoms with E-state index in [4.69, 9.17) is 16.9 Å². The van der Waals surface area contributed by atoms with E-state index in [0.717, 1.165) is 29.8 Å². The molecule has 0 unspecified atom stereocenters. The summed E-state index contributed by atoms with van der Waals surface area (Å²) in [6.45, 7) is 0.827. The van der Waals surface area contributed by atoms with Gasteiger partial charge in [-0.25, -0.2) is 4.98 Å². The van der Waals surface area contributed by atoms with Crippen LogP contribution in [-0.2, 0) is 18.8 Å². The third-order valence-corrected chi connectivity index (χ3v) is 4.41. The van der Waals surface area contributed by atoms with E-state index in [0.29, 0.717) is 11.4 Å². The van der Waals surface area contributed by atoms with Crippen LogP contribution in [0.4, 0.5) is 0 Å². The summed E-state index contributed by atoms with van der Waals surface area (Å²) in [5.41, 5.74) is 2.53. The number of rotatable bonds is 4. The highest BCUT2D eigenvalue weighted by Crippen LogP contribution is 2.20. The first-order valence-corrected chi connectivity index (χ1v) is 7.71. The third kappa shape index (κ3) is 2.43. The minimum Gasteiger partial charge on any atom is -0.327 e. The molecule has 0 aliphatic heterocycles. The second-order valence-electron chi connectivity index (χ2n) is 4.46. The van der Waals surface area contributed by atoms with Crippen molar-refractivity contribution in [2.45, 2.75) is 18.8 Å². The van der Waals surface area contributed by atoms with Gasteiger partial charge in [-0.2, -0.15) is 5.26 Å². The van der Waals surface area contributed by atoms with Crippen LogP contribution in [0.25, 0.3) is 11.0 Å². The Morgan fingerprint density at radius 1 is 1.35 bits per heavy atom. The Balaban J connectivity index is 2.00. The highest BCUT2D eigenvalue weighted by molar-refractivity contribution is 7.09. The van der Waals surface area contributed by atoms with E-state index in [1.54, 1.807) is 17.4 Å². The fourth-order valence-electron chi connectivity index (χ4n) is 2.27. The van der Waals surface area contributed by atoms with Crippen LogP contribution in [-0.4, -0.2) is 9.55 Å². The van der Waals surface area contributed by atoms with Crippen LogP contribution >= 0.6 is 22.9 Å². The number of nitrogens with zero attached hydrogens (tertiary/aromatic N) is 3. The largest absolute Gasteiger partial charge is 0.327 e. The molecule has 1 aromatic carbocycles. The first-order valence-electron chi connectivity index (χ1n) is 6.29. The summed E-state index contributed by atoms with van der Waals surface area (Å²) in [5.74, 6) is 1.23. The van der Waals surface area contributed by atoms with E-state index < -0.39 is 0 Å². The molecule has 2 heterocycles. The standard InChI is InChI=1S/C15H12ClN3S/c16-9-15-18-13-4-3-11(10-17)8-14(13)19(15)6-5-12-2-1-7-20-12/h1-4,7-8H,5-6,9H2. The summed E-state index contributed by atoms with van der Waals surface area (Å²) >= 11 is 7.74. The number of hydrogen-bond donors (Lipinski definition) is 0. The molecule has 0 saturated carbocycles. The molecule has 3 rings (SSSR count). The van der Waals surface area contributed by atoms with Crippen molar-refractivity contribution in [3.8, 4) is 6.07 Å². The van der Waals surface area contributed by atoms with Crippen molar-refractivity contribution < 1.29 is 0 Å². The molecule has 0 spiro atoms. The van der Waals surface area contributed by atoms with Gasteiger partial charge in [-0.15, -0.1) is 22.9 Å². The van der Waals surface area contributed by atoms with Crippen LogP contribution in [0.1, 0.15) is 16.3 Å². The van der Waals surface area contributed by atoms with Crippen LogP contribution in [0.5, 0.6) is 0 Å². The quantitative estimate of drug-likeness (QED) is 0.685. The van der Waals surface area contributed by atoms with Crippen molar-refractivity contribution >= 4 is 34.0 Å². The average Bonchev–Trinajstić information content (AvgIpc) is 3.11. The lowest BCUT2D eigenvalue weighted by Crippen LogP contribution is -2.04. The van der Waals surface area contributed by atoms with Gasteiger partial charge in [0, 0.05) is 11.4 Å². The molecule has 0 radical (unpaired) electrons. The number of thiophene rings is 1. The Morgan fingerprint density at radius 3 is 2.95 bits per heavy atom. The average molecular weight is 302 g/mol. The van der Waals surface area contributed by atoms with Gasteiger partial charge in [-0.3, -0.25) is 0 Å². The lowest BCUT2D eigenvalue weighted by molar-refractivity contribution is 0.693. The maximum atomic E-state index is 9.03. The van der Waals surface area contributed by atoms with Crippen molar-refractivity contribution in [3.63, 3.8) is 0 Å². The number of aryl methyl sites for hydroxylation is 2. The summed E-state index contributed by atoms with van der Waals surface area (Å²) < 4.78 is 2.11. The van der Waals surface area contributed by atoms with Gasteiger partial charge in [0.1, 0.15) is 5.82 Å². The second-order valence-corrected chi connectivity index (χ2v) is 5.76. The molecule has 3 nitrogen and oxygen atoms in total. The number of halogens is 1. The molecule has 3 aromatic rings. The molecule has 0 fully saturated rings. The molecule has 5 heteroatoms. The predicted molar refractivity (Wildman–Crippen MR) is 82.0 cm³/mol. The minimum absolute atomic E-state index is 0.376. The van der Waals surface area contributed by atoms with Gasteiger partial charge in [-0.1, -0.05) is 6.07 Å². The van der Waals surface area contributed by atoms with Crippen molar-refractivity contribution in [2.24, 2.45) is 0 Å². The first-order chi connectivity index (χ1) is 9.81. The van der Waals surface area contributed by atoms with Crippen LogP contribution < -0.4 is 0 Å². The van der Waals surface area contributed by atoms with E-state index in [9.17, 15) is 0 Å². The van der Waals surface area contributed by atoms with E-state index in [-0.39, 0.29) is 0 Å². The van der Waals surface area contributed by atoms with E-state index in [1.807, 2.05) is 12.1 Å². The van der Waals surface area contributed by atoms with Crippen molar-refractivity contribution in [1.82, 2.24) is 9.55 Å². The SMILES string of the molecule is N#Cc1ccc2nc(CCl)n(CCc3cccs3)c2c1. The molecule has 0 aliphatic rings. The zero-order valence-corrected chi connectivity index (χ0v) is 12.3. The molecule has 0 atom stereocenters. The van der Waals surface area contributed by atoms with Crippen LogP contribution in [0, 0.1) is 11.3 Å².